The van der Waals surface area contributed by atoms with Gasteiger partial charge < -0.3 is 14.8 Å². The highest BCUT2D eigenvalue weighted by atomic mass is 16.5. The van der Waals surface area contributed by atoms with Crippen LogP contribution in [0.1, 0.15) is 22.8 Å². The molecular formula is C19H20N4O4. The number of hydrogen-bond acceptors (Lipinski definition) is 6. The number of carbonyl (C=O) groups is 2. The third kappa shape index (κ3) is 4.22. The highest BCUT2D eigenvalue weighted by Gasteiger charge is 2.13. The Morgan fingerprint density at radius 3 is 2.78 bits per heavy atom. The van der Waals surface area contributed by atoms with Gasteiger partial charge in [0, 0.05) is 18.7 Å². The van der Waals surface area contributed by atoms with Crippen molar-refractivity contribution in [2.75, 3.05) is 13.7 Å². The maximum absolute atomic E-state index is 12.2. The van der Waals surface area contributed by atoms with Crippen LogP contribution >= 0.6 is 0 Å². The van der Waals surface area contributed by atoms with Crippen LogP contribution in [0.15, 0.2) is 42.5 Å². The zero-order valence-electron chi connectivity index (χ0n) is 15.1. The van der Waals surface area contributed by atoms with Crippen molar-refractivity contribution >= 4 is 22.9 Å². The molecular weight excluding hydrogens is 348 g/mol. The second-order valence-electron chi connectivity index (χ2n) is 5.77. The van der Waals surface area contributed by atoms with E-state index < -0.39 is 11.9 Å². The molecule has 0 spiro atoms. The maximum Gasteiger partial charge on any atom is 0.338 e. The number of ether oxygens (including phenoxy) is 2. The molecule has 140 valence electrons. The molecule has 0 radical (unpaired) electrons. The summed E-state index contributed by atoms with van der Waals surface area (Å²) in [4.78, 5) is 24.1. The van der Waals surface area contributed by atoms with Gasteiger partial charge in [-0.3, -0.25) is 4.79 Å². The number of nitrogens with zero attached hydrogens (tertiary/aromatic N) is 3. The van der Waals surface area contributed by atoms with Crippen molar-refractivity contribution in [2.24, 2.45) is 0 Å². The van der Waals surface area contributed by atoms with Gasteiger partial charge in [0.1, 0.15) is 11.3 Å². The average molecular weight is 368 g/mol. The Labute approximate surface area is 156 Å². The molecule has 0 unspecified atom stereocenters. The average Bonchev–Trinajstić information content (AvgIpc) is 3.12. The van der Waals surface area contributed by atoms with Crippen LogP contribution in [-0.4, -0.2) is 40.6 Å². The standard InChI is InChI=1S/C19H20N4O4/c1-3-23-16-9-8-13(10-15(16)21-22-23)19(25)27-12-18(24)20-11-14-6-4-5-7-17(14)26-2/h4-10H,3,11-12H2,1-2H3,(H,20,24). The van der Waals surface area contributed by atoms with E-state index in [1.54, 1.807) is 30.0 Å². The van der Waals surface area contributed by atoms with E-state index in [-0.39, 0.29) is 13.2 Å². The third-order valence-electron chi connectivity index (χ3n) is 4.05. The number of carbonyl (C=O) groups excluding carboxylic acids is 2. The summed E-state index contributed by atoms with van der Waals surface area (Å²) in [7, 11) is 1.57. The summed E-state index contributed by atoms with van der Waals surface area (Å²) in [5.41, 5.74) is 2.60. The Balaban J connectivity index is 1.54. The number of esters is 1. The molecule has 2 aromatic carbocycles. The number of rotatable bonds is 7. The molecule has 0 bridgehead atoms. The molecule has 1 heterocycles. The van der Waals surface area contributed by atoms with E-state index in [2.05, 4.69) is 15.6 Å². The van der Waals surface area contributed by atoms with Crippen molar-refractivity contribution in [1.82, 2.24) is 20.3 Å². The first-order chi connectivity index (χ1) is 13.1. The van der Waals surface area contributed by atoms with Crippen molar-refractivity contribution in [2.45, 2.75) is 20.0 Å². The van der Waals surface area contributed by atoms with E-state index in [0.717, 1.165) is 11.1 Å². The summed E-state index contributed by atoms with van der Waals surface area (Å²) in [5, 5.41) is 10.7. The number of aryl methyl sites for hydroxylation is 1. The molecule has 3 rings (SSSR count). The van der Waals surface area contributed by atoms with Gasteiger partial charge in [-0.1, -0.05) is 23.4 Å². The maximum atomic E-state index is 12.2. The van der Waals surface area contributed by atoms with Crippen LogP contribution in [0.5, 0.6) is 5.75 Å². The van der Waals surface area contributed by atoms with Crippen molar-refractivity contribution in [3.05, 3.63) is 53.6 Å². The Morgan fingerprint density at radius 2 is 2.00 bits per heavy atom. The lowest BCUT2D eigenvalue weighted by Crippen LogP contribution is -2.28. The van der Waals surface area contributed by atoms with Gasteiger partial charge >= 0.3 is 5.97 Å². The molecule has 0 atom stereocenters. The first kappa shape index (κ1) is 18.4. The van der Waals surface area contributed by atoms with Crippen molar-refractivity contribution in [3.63, 3.8) is 0 Å². The first-order valence-electron chi connectivity index (χ1n) is 8.51. The van der Waals surface area contributed by atoms with Crippen LogP contribution in [0.2, 0.25) is 0 Å². The molecule has 0 saturated heterocycles. The molecule has 0 aliphatic heterocycles. The number of methoxy groups -OCH3 is 1. The minimum absolute atomic E-state index is 0.284. The predicted octanol–water partition coefficient (Wildman–Crippen LogP) is 1.93. The van der Waals surface area contributed by atoms with E-state index in [1.165, 1.54) is 0 Å². The molecule has 1 N–H and O–H groups in total. The minimum atomic E-state index is -0.588. The number of amides is 1. The molecule has 0 saturated carbocycles. The van der Waals surface area contributed by atoms with E-state index in [1.807, 2.05) is 31.2 Å². The number of benzene rings is 2. The molecule has 0 aliphatic rings. The number of nitrogens with one attached hydrogen (secondary N) is 1. The van der Waals surface area contributed by atoms with Crippen LogP contribution in [0.3, 0.4) is 0 Å². The Bertz CT molecular complexity index is 967. The number of hydrogen-bond donors (Lipinski definition) is 1. The second-order valence-corrected chi connectivity index (χ2v) is 5.77. The molecule has 1 aromatic heterocycles. The fourth-order valence-electron chi connectivity index (χ4n) is 2.64. The normalized spacial score (nSPS) is 10.6. The number of fused-ring (bicyclic) bond motifs is 1. The zero-order chi connectivity index (χ0) is 19.2. The summed E-state index contributed by atoms with van der Waals surface area (Å²) in [5.74, 6) is -0.300. The van der Waals surface area contributed by atoms with Gasteiger partial charge in [0.05, 0.1) is 18.2 Å². The quantitative estimate of drug-likeness (QED) is 0.640. The van der Waals surface area contributed by atoms with Crippen LogP contribution in [0, 0.1) is 0 Å². The Hall–Kier alpha value is -3.42. The van der Waals surface area contributed by atoms with E-state index in [0.29, 0.717) is 23.4 Å². The molecule has 1 amide bonds. The van der Waals surface area contributed by atoms with Gasteiger partial charge in [-0.25, -0.2) is 9.48 Å². The molecule has 3 aromatic rings. The SMILES string of the molecule is CCn1nnc2cc(C(=O)OCC(=O)NCc3ccccc3OC)ccc21. The van der Waals surface area contributed by atoms with E-state index in [4.69, 9.17) is 9.47 Å². The van der Waals surface area contributed by atoms with Crippen molar-refractivity contribution in [1.29, 1.82) is 0 Å². The lowest BCUT2D eigenvalue weighted by Gasteiger charge is -2.10. The van der Waals surface area contributed by atoms with Crippen LogP contribution in [0.25, 0.3) is 11.0 Å². The predicted molar refractivity (Wildman–Crippen MR) is 98.3 cm³/mol. The van der Waals surface area contributed by atoms with Crippen molar-refractivity contribution in [3.8, 4) is 5.75 Å². The number of aromatic nitrogens is 3. The summed E-state index contributed by atoms with van der Waals surface area (Å²) in [6.07, 6.45) is 0. The monoisotopic (exact) mass is 368 g/mol. The topological polar surface area (TPSA) is 95.3 Å². The molecule has 27 heavy (non-hydrogen) atoms. The minimum Gasteiger partial charge on any atom is -0.496 e. The first-order valence-corrected chi connectivity index (χ1v) is 8.51. The summed E-state index contributed by atoms with van der Waals surface area (Å²) in [6.45, 7) is 2.56. The summed E-state index contributed by atoms with van der Waals surface area (Å²) in [6, 6.07) is 12.4. The van der Waals surface area contributed by atoms with Gasteiger partial charge in [0.2, 0.25) is 0 Å². The van der Waals surface area contributed by atoms with Gasteiger partial charge in [-0.2, -0.15) is 0 Å². The van der Waals surface area contributed by atoms with Gasteiger partial charge in [0.25, 0.3) is 5.91 Å². The summed E-state index contributed by atoms with van der Waals surface area (Å²) < 4.78 is 12.0. The lowest BCUT2D eigenvalue weighted by molar-refractivity contribution is -0.124. The van der Waals surface area contributed by atoms with Crippen LogP contribution in [0.4, 0.5) is 0 Å². The van der Waals surface area contributed by atoms with Gasteiger partial charge in [-0.15, -0.1) is 5.10 Å². The molecule has 0 aliphatic carbocycles. The molecule has 8 nitrogen and oxygen atoms in total. The number of para-hydroxylation sites is 1. The fourth-order valence-corrected chi connectivity index (χ4v) is 2.64. The Kier molecular flexibility index (Phi) is 5.65. The third-order valence-corrected chi connectivity index (χ3v) is 4.05. The smallest absolute Gasteiger partial charge is 0.338 e. The Morgan fingerprint density at radius 1 is 1.19 bits per heavy atom. The largest absolute Gasteiger partial charge is 0.496 e. The highest BCUT2D eigenvalue weighted by Crippen LogP contribution is 2.17. The lowest BCUT2D eigenvalue weighted by atomic mass is 10.2. The van der Waals surface area contributed by atoms with Gasteiger partial charge in [0.15, 0.2) is 6.61 Å². The van der Waals surface area contributed by atoms with Crippen LogP contribution < -0.4 is 10.1 Å². The van der Waals surface area contributed by atoms with E-state index >= 15 is 0 Å². The fraction of sp³-hybridized carbons (Fsp3) is 0.263. The summed E-state index contributed by atoms with van der Waals surface area (Å²) >= 11 is 0. The van der Waals surface area contributed by atoms with Crippen LogP contribution in [-0.2, 0) is 22.6 Å². The molecule has 8 heteroatoms. The van der Waals surface area contributed by atoms with E-state index in [9.17, 15) is 9.59 Å². The second kappa shape index (κ2) is 8.31. The van der Waals surface area contributed by atoms with Gasteiger partial charge in [-0.05, 0) is 31.2 Å². The highest BCUT2D eigenvalue weighted by molar-refractivity contribution is 5.94. The van der Waals surface area contributed by atoms with Crippen molar-refractivity contribution < 1.29 is 19.1 Å². The molecule has 0 fully saturated rings. The zero-order valence-corrected chi connectivity index (χ0v) is 15.1.